The molecule has 0 bridgehead atoms. The molecule has 0 unspecified atom stereocenters. The molecule has 110 valence electrons. The van der Waals surface area contributed by atoms with Crippen LogP contribution in [0.4, 0.5) is 0 Å². The van der Waals surface area contributed by atoms with Gasteiger partial charge in [0, 0.05) is 32.4 Å². The number of aromatic nitrogens is 2. The highest BCUT2D eigenvalue weighted by Crippen LogP contribution is 2.18. The zero-order chi connectivity index (χ0) is 14.5. The summed E-state index contributed by atoms with van der Waals surface area (Å²) in [5.74, 6) is 0.639. The summed E-state index contributed by atoms with van der Waals surface area (Å²) in [6.07, 6.45) is 5.35. The number of carbonyl (C=O) groups is 1. The standard InChI is InChI=1S/C14H20ClN3O2/c1-10(2)7-13(19)18-5-3-12(4-6-18)20-14-16-8-11(15)9-17-14/h8-10,12H,3-7H2,1-2H3. The van der Waals surface area contributed by atoms with Crippen molar-refractivity contribution in [2.45, 2.75) is 39.2 Å². The second-order valence-corrected chi connectivity index (χ2v) is 5.92. The molecule has 0 atom stereocenters. The maximum absolute atomic E-state index is 12.0. The van der Waals surface area contributed by atoms with Crippen molar-refractivity contribution in [3.63, 3.8) is 0 Å². The average molecular weight is 298 g/mol. The van der Waals surface area contributed by atoms with Gasteiger partial charge in [0.15, 0.2) is 0 Å². The van der Waals surface area contributed by atoms with E-state index in [0.717, 1.165) is 25.9 Å². The molecule has 0 radical (unpaired) electrons. The smallest absolute Gasteiger partial charge is 0.316 e. The molecule has 20 heavy (non-hydrogen) atoms. The van der Waals surface area contributed by atoms with E-state index < -0.39 is 0 Å². The van der Waals surface area contributed by atoms with Gasteiger partial charge in [-0.2, -0.15) is 0 Å². The van der Waals surface area contributed by atoms with Crippen LogP contribution in [0.2, 0.25) is 5.02 Å². The first kappa shape index (κ1) is 15.0. The van der Waals surface area contributed by atoms with Gasteiger partial charge in [-0.25, -0.2) is 9.97 Å². The number of nitrogens with zero attached hydrogens (tertiary/aromatic N) is 3. The first-order valence-corrected chi connectivity index (χ1v) is 7.34. The van der Waals surface area contributed by atoms with Crippen LogP contribution in [-0.4, -0.2) is 40.0 Å². The second-order valence-electron chi connectivity index (χ2n) is 5.48. The molecule has 0 spiro atoms. The second kappa shape index (κ2) is 6.88. The Balaban J connectivity index is 1.79. The SMILES string of the molecule is CC(C)CC(=O)N1CCC(Oc2ncc(Cl)cn2)CC1. The zero-order valence-electron chi connectivity index (χ0n) is 11.9. The topological polar surface area (TPSA) is 55.3 Å². The lowest BCUT2D eigenvalue weighted by atomic mass is 10.1. The molecule has 1 saturated heterocycles. The molecule has 5 nitrogen and oxygen atoms in total. The fourth-order valence-electron chi connectivity index (χ4n) is 2.21. The maximum Gasteiger partial charge on any atom is 0.316 e. The molecule has 0 N–H and O–H groups in total. The molecule has 0 aromatic carbocycles. The average Bonchev–Trinajstić information content (AvgIpc) is 2.41. The Bertz CT molecular complexity index is 442. The quantitative estimate of drug-likeness (QED) is 0.857. The highest BCUT2D eigenvalue weighted by molar-refractivity contribution is 6.30. The lowest BCUT2D eigenvalue weighted by Gasteiger charge is -2.32. The van der Waals surface area contributed by atoms with E-state index in [4.69, 9.17) is 16.3 Å². The Hall–Kier alpha value is -1.36. The van der Waals surface area contributed by atoms with Crippen molar-refractivity contribution in [3.05, 3.63) is 17.4 Å². The van der Waals surface area contributed by atoms with Crippen LogP contribution in [0.1, 0.15) is 33.1 Å². The number of carbonyl (C=O) groups excluding carboxylic acids is 1. The summed E-state index contributed by atoms with van der Waals surface area (Å²) in [7, 11) is 0. The van der Waals surface area contributed by atoms with Crippen LogP contribution in [0.25, 0.3) is 0 Å². The van der Waals surface area contributed by atoms with Crippen LogP contribution in [0.3, 0.4) is 0 Å². The van der Waals surface area contributed by atoms with Crippen molar-refractivity contribution >= 4 is 17.5 Å². The molecule has 2 heterocycles. The molecular formula is C14H20ClN3O2. The van der Waals surface area contributed by atoms with Crippen molar-refractivity contribution in [1.82, 2.24) is 14.9 Å². The summed E-state index contributed by atoms with van der Waals surface area (Å²) in [5, 5.41) is 0.492. The molecule has 2 rings (SSSR count). The molecule has 1 aromatic heterocycles. The van der Waals surface area contributed by atoms with Gasteiger partial charge < -0.3 is 9.64 Å². The molecular weight excluding hydrogens is 278 g/mol. The summed E-state index contributed by atoms with van der Waals surface area (Å²) in [5.41, 5.74) is 0. The van der Waals surface area contributed by atoms with Crippen LogP contribution in [0.5, 0.6) is 6.01 Å². The summed E-state index contributed by atoms with van der Waals surface area (Å²) in [6, 6.07) is 0.348. The number of hydrogen-bond acceptors (Lipinski definition) is 4. The Morgan fingerprint density at radius 1 is 1.40 bits per heavy atom. The van der Waals surface area contributed by atoms with Crippen molar-refractivity contribution in [3.8, 4) is 6.01 Å². The predicted molar refractivity (Wildman–Crippen MR) is 76.7 cm³/mol. The van der Waals surface area contributed by atoms with Crippen molar-refractivity contribution < 1.29 is 9.53 Å². The first-order valence-electron chi connectivity index (χ1n) is 6.96. The van der Waals surface area contributed by atoms with Crippen LogP contribution in [0, 0.1) is 5.92 Å². The van der Waals surface area contributed by atoms with Gasteiger partial charge in [-0.05, 0) is 5.92 Å². The summed E-state index contributed by atoms with van der Waals surface area (Å²) < 4.78 is 5.70. The third-order valence-electron chi connectivity index (χ3n) is 3.25. The highest BCUT2D eigenvalue weighted by atomic mass is 35.5. The van der Waals surface area contributed by atoms with Gasteiger partial charge in [0.25, 0.3) is 0 Å². The largest absolute Gasteiger partial charge is 0.460 e. The number of halogens is 1. The van der Waals surface area contributed by atoms with Crippen molar-refractivity contribution in [2.24, 2.45) is 5.92 Å². The predicted octanol–water partition coefficient (Wildman–Crippen LogP) is 2.55. The minimum atomic E-state index is 0.0688. The minimum Gasteiger partial charge on any atom is -0.460 e. The van der Waals surface area contributed by atoms with Gasteiger partial charge in [0.05, 0.1) is 17.4 Å². The molecule has 6 heteroatoms. The van der Waals surface area contributed by atoms with E-state index >= 15 is 0 Å². The van der Waals surface area contributed by atoms with Gasteiger partial charge >= 0.3 is 6.01 Å². The number of piperidine rings is 1. The van der Waals surface area contributed by atoms with Crippen molar-refractivity contribution in [1.29, 1.82) is 0 Å². The highest BCUT2D eigenvalue weighted by Gasteiger charge is 2.24. The maximum atomic E-state index is 12.0. The van der Waals surface area contributed by atoms with E-state index in [1.54, 1.807) is 0 Å². The third-order valence-corrected chi connectivity index (χ3v) is 3.44. The molecule has 1 fully saturated rings. The monoisotopic (exact) mass is 297 g/mol. The fraction of sp³-hybridized carbons (Fsp3) is 0.643. The number of likely N-dealkylation sites (tertiary alicyclic amines) is 1. The molecule has 1 aliphatic rings. The van der Waals surface area contributed by atoms with Crippen LogP contribution in [-0.2, 0) is 4.79 Å². The molecule has 0 saturated carbocycles. The number of hydrogen-bond donors (Lipinski definition) is 0. The van der Waals surface area contributed by atoms with E-state index in [-0.39, 0.29) is 12.0 Å². The molecule has 1 aliphatic heterocycles. The number of amides is 1. The van der Waals surface area contributed by atoms with Gasteiger partial charge in [0.2, 0.25) is 5.91 Å². The first-order chi connectivity index (χ1) is 9.54. The molecule has 0 aliphatic carbocycles. The summed E-state index contributed by atoms with van der Waals surface area (Å²) in [6.45, 7) is 5.60. The van der Waals surface area contributed by atoms with Gasteiger partial charge in [-0.15, -0.1) is 0 Å². The molecule has 1 aromatic rings. The van der Waals surface area contributed by atoms with Crippen LogP contribution in [0.15, 0.2) is 12.4 Å². The van der Waals surface area contributed by atoms with E-state index in [1.165, 1.54) is 12.4 Å². The zero-order valence-corrected chi connectivity index (χ0v) is 12.6. The Labute approximate surface area is 124 Å². The Morgan fingerprint density at radius 3 is 2.55 bits per heavy atom. The fourth-order valence-corrected chi connectivity index (χ4v) is 2.31. The van der Waals surface area contributed by atoms with E-state index in [9.17, 15) is 4.79 Å². The Kier molecular flexibility index (Phi) is 5.17. The summed E-state index contributed by atoms with van der Waals surface area (Å²) in [4.78, 5) is 21.9. The van der Waals surface area contributed by atoms with Crippen LogP contribution < -0.4 is 4.74 Å². The number of ether oxygens (including phenoxy) is 1. The van der Waals surface area contributed by atoms with Crippen molar-refractivity contribution in [2.75, 3.05) is 13.1 Å². The lowest BCUT2D eigenvalue weighted by Crippen LogP contribution is -2.42. The minimum absolute atomic E-state index is 0.0688. The third kappa shape index (κ3) is 4.34. The van der Waals surface area contributed by atoms with E-state index in [1.807, 2.05) is 4.90 Å². The van der Waals surface area contributed by atoms with Gasteiger partial charge in [-0.1, -0.05) is 25.4 Å². The van der Waals surface area contributed by atoms with E-state index in [2.05, 4.69) is 23.8 Å². The summed E-state index contributed by atoms with van der Waals surface area (Å²) >= 11 is 5.73. The lowest BCUT2D eigenvalue weighted by molar-refractivity contribution is -0.133. The van der Waals surface area contributed by atoms with Gasteiger partial charge in [-0.3, -0.25) is 4.79 Å². The van der Waals surface area contributed by atoms with Gasteiger partial charge in [0.1, 0.15) is 6.10 Å². The molecule has 1 amide bonds. The number of rotatable bonds is 4. The van der Waals surface area contributed by atoms with Crippen LogP contribution >= 0.6 is 11.6 Å². The van der Waals surface area contributed by atoms with E-state index in [0.29, 0.717) is 23.4 Å². The Morgan fingerprint density at radius 2 is 2.00 bits per heavy atom. The normalized spacial score (nSPS) is 16.5.